The summed E-state index contributed by atoms with van der Waals surface area (Å²) in [5, 5.41) is 10.2. The fourth-order valence-corrected chi connectivity index (χ4v) is 1.47. The monoisotopic (exact) mass is 215 g/mol. The number of carbonyl (C=O) groups excluding carboxylic acids is 1. The summed E-state index contributed by atoms with van der Waals surface area (Å²) < 4.78 is 10.00. The fraction of sp³-hybridized carbons (Fsp3) is 0.167. The van der Waals surface area contributed by atoms with Crippen molar-refractivity contribution in [1.29, 1.82) is 5.26 Å². The first-order chi connectivity index (χ1) is 7.76. The van der Waals surface area contributed by atoms with Crippen molar-refractivity contribution in [2.75, 3.05) is 6.61 Å². The number of nitrogens with zero attached hydrogens (tertiary/aromatic N) is 1. The third-order valence-electron chi connectivity index (χ3n) is 2.19. The van der Waals surface area contributed by atoms with E-state index in [2.05, 4.69) is 0 Å². The van der Waals surface area contributed by atoms with E-state index in [4.69, 9.17) is 14.4 Å². The fourth-order valence-electron chi connectivity index (χ4n) is 1.47. The minimum atomic E-state index is -0.507. The summed E-state index contributed by atoms with van der Waals surface area (Å²) in [5.74, 6) is -0.360. The Morgan fingerprint density at radius 1 is 1.56 bits per heavy atom. The molecule has 2 aromatic rings. The second-order valence-corrected chi connectivity index (χ2v) is 3.20. The average Bonchev–Trinajstić information content (AvgIpc) is 2.71. The second kappa shape index (κ2) is 4.07. The molecule has 4 heteroatoms. The van der Waals surface area contributed by atoms with Gasteiger partial charge in [-0.2, -0.15) is 5.26 Å². The van der Waals surface area contributed by atoms with Crippen molar-refractivity contribution in [3.63, 3.8) is 0 Å². The molecule has 16 heavy (non-hydrogen) atoms. The van der Waals surface area contributed by atoms with E-state index in [0.717, 1.165) is 5.39 Å². The van der Waals surface area contributed by atoms with Gasteiger partial charge in [0.2, 0.25) is 5.76 Å². The van der Waals surface area contributed by atoms with Crippen LogP contribution in [0.3, 0.4) is 0 Å². The van der Waals surface area contributed by atoms with Gasteiger partial charge in [0.1, 0.15) is 0 Å². The lowest BCUT2D eigenvalue weighted by molar-refractivity contribution is 0.0493. The maximum absolute atomic E-state index is 11.5. The molecule has 2 rings (SSSR count). The third-order valence-corrected chi connectivity index (χ3v) is 2.19. The quantitative estimate of drug-likeness (QED) is 0.722. The molecule has 1 aromatic carbocycles. The molecule has 0 radical (unpaired) electrons. The first-order valence-corrected chi connectivity index (χ1v) is 4.84. The maximum atomic E-state index is 11.5. The van der Waals surface area contributed by atoms with Crippen molar-refractivity contribution >= 4 is 16.7 Å². The summed E-state index contributed by atoms with van der Waals surface area (Å²) in [6.07, 6.45) is 1.47. The van der Waals surface area contributed by atoms with E-state index >= 15 is 0 Å². The molecule has 0 spiro atoms. The molecule has 0 bridgehead atoms. The molecule has 0 unspecified atom stereocenters. The van der Waals surface area contributed by atoms with Crippen molar-refractivity contribution in [2.24, 2.45) is 0 Å². The van der Waals surface area contributed by atoms with Gasteiger partial charge in [-0.3, -0.25) is 0 Å². The molecule has 1 aromatic heterocycles. The SMILES string of the molecule is CCOC(=O)c1occ2ccc(C#N)cc12. The zero-order valence-corrected chi connectivity index (χ0v) is 8.69. The van der Waals surface area contributed by atoms with Crippen LogP contribution in [0.25, 0.3) is 10.8 Å². The van der Waals surface area contributed by atoms with Gasteiger partial charge in [-0.25, -0.2) is 4.79 Å². The van der Waals surface area contributed by atoms with Crippen LogP contribution in [-0.2, 0) is 4.74 Å². The van der Waals surface area contributed by atoms with Crippen molar-refractivity contribution in [3.8, 4) is 6.07 Å². The molecular weight excluding hydrogens is 206 g/mol. The number of carbonyl (C=O) groups is 1. The summed E-state index contributed by atoms with van der Waals surface area (Å²) in [5.41, 5.74) is 0.486. The Morgan fingerprint density at radius 2 is 2.38 bits per heavy atom. The lowest BCUT2D eigenvalue weighted by atomic mass is 10.1. The van der Waals surface area contributed by atoms with Gasteiger partial charge in [-0.05, 0) is 25.1 Å². The van der Waals surface area contributed by atoms with Crippen LogP contribution in [0.4, 0.5) is 0 Å². The molecule has 0 saturated heterocycles. The Hall–Kier alpha value is -2.28. The van der Waals surface area contributed by atoms with Crippen LogP contribution in [0.15, 0.2) is 28.9 Å². The van der Waals surface area contributed by atoms with Crippen LogP contribution in [-0.4, -0.2) is 12.6 Å². The van der Waals surface area contributed by atoms with Gasteiger partial charge in [-0.1, -0.05) is 0 Å². The van der Waals surface area contributed by atoms with Gasteiger partial charge < -0.3 is 9.15 Å². The second-order valence-electron chi connectivity index (χ2n) is 3.20. The van der Waals surface area contributed by atoms with E-state index in [1.54, 1.807) is 25.1 Å². The normalized spacial score (nSPS) is 10.0. The molecule has 4 nitrogen and oxygen atoms in total. The van der Waals surface area contributed by atoms with Crippen LogP contribution in [0.1, 0.15) is 23.0 Å². The molecule has 0 saturated carbocycles. The third kappa shape index (κ3) is 1.63. The molecule has 0 aliphatic heterocycles. The Bertz CT molecular complexity index is 577. The summed E-state index contributed by atoms with van der Waals surface area (Å²) in [4.78, 5) is 11.5. The number of hydrogen-bond donors (Lipinski definition) is 0. The van der Waals surface area contributed by atoms with Gasteiger partial charge in [0.15, 0.2) is 0 Å². The number of nitriles is 1. The molecule has 0 aliphatic carbocycles. The number of fused-ring (bicyclic) bond motifs is 1. The summed E-state index contributed by atoms with van der Waals surface area (Å²) in [7, 11) is 0. The number of esters is 1. The van der Waals surface area contributed by atoms with Gasteiger partial charge in [0, 0.05) is 10.8 Å². The van der Waals surface area contributed by atoms with E-state index in [1.807, 2.05) is 6.07 Å². The molecule has 0 N–H and O–H groups in total. The van der Waals surface area contributed by atoms with Crippen LogP contribution in [0, 0.1) is 11.3 Å². The molecule has 0 atom stereocenters. The Labute approximate surface area is 92.0 Å². The van der Waals surface area contributed by atoms with Crippen molar-refractivity contribution in [2.45, 2.75) is 6.92 Å². The number of ether oxygens (including phenoxy) is 1. The van der Waals surface area contributed by atoms with E-state index in [-0.39, 0.29) is 5.76 Å². The average molecular weight is 215 g/mol. The molecule has 0 fully saturated rings. The van der Waals surface area contributed by atoms with Gasteiger partial charge in [0.25, 0.3) is 0 Å². The predicted octanol–water partition coefficient (Wildman–Crippen LogP) is 2.48. The van der Waals surface area contributed by atoms with Crippen molar-refractivity contribution in [3.05, 3.63) is 35.8 Å². The van der Waals surface area contributed by atoms with Crippen LogP contribution in [0.5, 0.6) is 0 Å². The number of rotatable bonds is 2. The lowest BCUT2D eigenvalue weighted by Gasteiger charge is -1.98. The zero-order valence-electron chi connectivity index (χ0n) is 8.69. The Balaban J connectivity index is 2.54. The summed E-state index contributed by atoms with van der Waals surface area (Å²) >= 11 is 0. The highest BCUT2D eigenvalue weighted by Gasteiger charge is 2.15. The standard InChI is InChI=1S/C12H9NO3/c1-2-15-12(14)11-10-5-8(6-13)3-4-9(10)7-16-11/h3-5,7H,2H2,1H3. The minimum Gasteiger partial charge on any atom is -0.460 e. The first kappa shape index (κ1) is 10.2. The highest BCUT2D eigenvalue weighted by atomic mass is 16.5. The molecule has 80 valence electrons. The van der Waals surface area contributed by atoms with E-state index in [0.29, 0.717) is 17.6 Å². The largest absolute Gasteiger partial charge is 0.460 e. The lowest BCUT2D eigenvalue weighted by Crippen LogP contribution is -2.03. The van der Waals surface area contributed by atoms with E-state index < -0.39 is 5.97 Å². The van der Waals surface area contributed by atoms with Gasteiger partial charge in [-0.15, -0.1) is 0 Å². The van der Waals surface area contributed by atoms with Crippen LogP contribution >= 0.6 is 0 Å². The van der Waals surface area contributed by atoms with E-state index in [9.17, 15) is 4.79 Å². The number of hydrogen-bond acceptors (Lipinski definition) is 4. The molecule has 0 aliphatic rings. The predicted molar refractivity (Wildman–Crippen MR) is 56.9 cm³/mol. The molecule has 1 heterocycles. The summed E-state index contributed by atoms with van der Waals surface area (Å²) in [6, 6.07) is 7.04. The van der Waals surface area contributed by atoms with Crippen LogP contribution in [0.2, 0.25) is 0 Å². The Morgan fingerprint density at radius 3 is 3.06 bits per heavy atom. The highest BCUT2D eigenvalue weighted by molar-refractivity contribution is 6.02. The summed E-state index contributed by atoms with van der Waals surface area (Å²) in [6.45, 7) is 2.02. The zero-order chi connectivity index (χ0) is 11.5. The van der Waals surface area contributed by atoms with E-state index in [1.165, 1.54) is 6.26 Å². The minimum absolute atomic E-state index is 0.147. The number of furan rings is 1. The highest BCUT2D eigenvalue weighted by Crippen LogP contribution is 2.23. The number of benzene rings is 1. The molecular formula is C12H9NO3. The van der Waals surface area contributed by atoms with Gasteiger partial charge in [0.05, 0.1) is 24.5 Å². The topological polar surface area (TPSA) is 63.2 Å². The maximum Gasteiger partial charge on any atom is 0.374 e. The van der Waals surface area contributed by atoms with Crippen LogP contribution < -0.4 is 0 Å². The van der Waals surface area contributed by atoms with Crippen molar-refractivity contribution < 1.29 is 13.9 Å². The molecule has 0 amide bonds. The van der Waals surface area contributed by atoms with Crippen molar-refractivity contribution in [1.82, 2.24) is 0 Å². The van der Waals surface area contributed by atoms with Gasteiger partial charge >= 0.3 is 5.97 Å². The Kier molecular flexibility index (Phi) is 2.61. The first-order valence-electron chi connectivity index (χ1n) is 4.84. The smallest absolute Gasteiger partial charge is 0.374 e.